The number of rotatable bonds is 5. The molecule has 4 nitrogen and oxygen atoms in total. The van der Waals surface area contributed by atoms with Crippen LogP contribution in [0.2, 0.25) is 0 Å². The SMILES string of the molecule is O=C(O)[C@@H](Cc1cccc(-c2ccc(C(F)(F)F)nc2)c1)[C@H]1CCNC1. The van der Waals surface area contributed by atoms with Crippen molar-refractivity contribution >= 4 is 5.97 Å². The number of carboxylic acids is 1. The van der Waals surface area contributed by atoms with Crippen molar-refractivity contribution < 1.29 is 23.1 Å². The Bertz CT molecular complexity index is 769. The van der Waals surface area contributed by atoms with Crippen molar-refractivity contribution in [2.75, 3.05) is 13.1 Å². The zero-order chi connectivity index (χ0) is 18.7. The van der Waals surface area contributed by atoms with Gasteiger partial charge in [0.2, 0.25) is 0 Å². The van der Waals surface area contributed by atoms with Crippen LogP contribution in [-0.2, 0) is 17.4 Å². The molecule has 1 aliphatic heterocycles. The molecule has 2 N–H and O–H groups in total. The van der Waals surface area contributed by atoms with Gasteiger partial charge in [-0.3, -0.25) is 9.78 Å². The third-order valence-corrected chi connectivity index (χ3v) is 4.75. The van der Waals surface area contributed by atoms with Crippen molar-refractivity contribution in [1.82, 2.24) is 10.3 Å². The molecule has 1 fully saturated rings. The number of halogens is 3. The van der Waals surface area contributed by atoms with Gasteiger partial charge >= 0.3 is 12.1 Å². The standard InChI is InChI=1S/C19H19F3N2O2/c20-19(21,22)17-5-4-14(11-24-17)13-3-1-2-12(8-13)9-16(18(25)26)15-6-7-23-10-15/h1-5,8,11,15-16,23H,6-7,9-10H2,(H,25,26)/t15-,16-/m0/s1. The monoisotopic (exact) mass is 364 g/mol. The lowest BCUT2D eigenvalue weighted by Crippen LogP contribution is -2.27. The Morgan fingerprint density at radius 1 is 1.27 bits per heavy atom. The summed E-state index contributed by atoms with van der Waals surface area (Å²) in [7, 11) is 0. The first-order valence-electron chi connectivity index (χ1n) is 8.40. The summed E-state index contributed by atoms with van der Waals surface area (Å²) in [6, 6.07) is 9.56. The number of nitrogens with zero attached hydrogens (tertiary/aromatic N) is 1. The van der Waals surface area contributed by atoms with Gasteiger partial charge in [0, 0.05) is 11.8 Å². The number of hydrogen-bond acceptors (Lipinski definition) is 3. The minimum atomic E-state index is -4.47. The Balaban J connectivity index is 1.80. The first-order valence-corrected chi connectivity index (χ1v) is 8.40. The van der Waals surface area contributed by atoms with E-state index < -0.39 is 23.8 Å². The van der Waals surface area contributed by atoms with E-state index in [0.717, 1.165) is 30.2 Å². The second kappa shape index (κ2) is 7.45. The van der Waals surface area contributed by atoms with Crippen molar-refractivity contribution in [2.24, 2.45) is 11.8 Å². The summed E-state index contributed by atoms with van der Waals surface area (Å²) in [6.07, 6.45) is -2.05. The van der Waals surface area contributed by atoms with Gasteiger partial charge in [0.1, 0.15) is 5.69 Å². The smallest absolute Gasteiger partial charge is 0.433 e. The lowest BCUT2D eigenvalue weighted by Gasteiger charge is -2.19. The van der Waals surface area contributed by atoms with Crippen LogP contribution in [0.15, 0.2) is 42.6 Å². The predicted octanol–water partition coefficient (Wildman–Crippen LogP) is 3.62. The largest absolute Gasteiger partial charge is 0.481 e. The second-order valence-corrected chi connectivity index (χ2v) is 6.53. The van der Waals surface area contributed by atoms with Crippen LogP contribution >= 0.6 is 0 Å². The topological polar surface area (TPSA) is 62.2 Å². The molecule has 0 aliphatic carbocycles. The molecule has 138 valence electrons. The van der Waals surface area contributed by atoms with E-state index >= 15 is 0 Å². The number of hydrogen-bond donors (Lipinski definition) is 2. The molecule has 2 atom stereocenters. The molecular weight excluding hydrogens is 345 g/mol. The van der Waals surface area contributed by atoms with Gasteiger partial charge in [-0.1, -0.05) is 30.3 Å². The fourth-order valence-electron chi connectivity index (χ4n) is 3.34. The van der Waals surface area contributed by atoms with Crippen LogP contribution in [0.3, 0.4) is 0 Å². The molecule has 3 rings (SSSR count). The average Bonchev–Trinajstić information content (AvgIpc) is 3.13. The molecule has 0 radical (unpaired) electrons. The number of carbonyl (C=O) groups is 1. The lowest BCUT2D eigenvalue weighted by atomic mass is 9.85. The number of nitrogens with one attached hydrogen (secondary N) is 1. The number of aromatic nitrogens is 1. The molecule has 1 aliphatic rings. The number of aliphatic carboxylic acids is 1. The van der Waals surface area contributed by atoms with Crippen LogP contribution in [0.4, 0.5) is 13.2 Å². The first-order chi connectivity index (χ1) is 12.3. The maximum Gasteiger partial charge on any atom is 0.433 e. The number of pyridine rings is 1. The molecule has 1 aromatic carbocycles. The van der Waals surface area contributed by atoms with E-state index in [1.807, 2.05) is 12.1 Å². The zero-order valence-electron chi connectivity index (χ0n) is 14.0. The van der Waals surface area contributed by atoms with Crippen LogP contribution in [0.1, 0.15) is 17.7 Å². The lowest BCUT2D eigenvalue weighted by molar-refractivity contribution is -0.143. The van der Waals surface area contributed by atoms with Crippen molar-refractivity contribution in [3.8, 4) is 11.1 Å². The first kappa shape index (κ1) is 18.4. The van der Waals surface area contributed by atoms with Gasteiger partial charge in [-0.05, 0) is 49.0 Å². The zero-order valence-corrected chi connectivity index (χ0v) is 14.0. The molecule has 1 saturated heterocycles. The predicted molar refractivity (Wildman–Crippen MR) is 90.5 cm³/mol. The maximum absolute atomic E-state index is 12.6. The minimum Gasteiger partial charge on any atom is -0.481 e. The van der Waals surface area contributed by atoms with E-state index in [0.29, 0.717) is 18.5 Å². The van der Waals surface area contributed by atoms with Gasteiger partial charge in [-0.15, -0.1) is 0 Å². The van der Waals surface area contributed by atoms with E-state index in [-0.39, 0.29) is 5.92 Å². The molecule has 0 bridgehead atoms. The molecule has 2 aromatic rings. The summed E-state index contributed by atoms with van der Waals surface area (Å²) in [5.74, 6) is -1.21. The van der Waals surface area contributed by atoms with Gasteiger partial charge in [-0.25, -0.2) is 0 Å². The van der Waals surface area contributed by atoms with Crippen molar-refractivity contribution in [3.63, 3.8) is 0 Å². The van der Waals surface area contributed by atoms with Crippen molar-refractivity contribution in [2.45, 2.75) is 19.0 Å². The highest BCUT2D eigenvalue weighted by Gasteiger charge is 2.32. The highest BCUT2D eigenvalue weighted by molar-refractivity contribution is 5.71. The number of carboxylic acid groups (broad SMARTS) is 1. The maximum atomic E-state index is 12.6. The number of benzene rings is 1. The minimum absolute atomic E-state index is 0.0869. The van der Waals surface area contributed by atoms with E-state index in [1.54, 1.807) is 12.1 Å². The van der Waals surface area contributed by atoms with Crippen LogP contribution in [-0.4, -0.2) is 29.1 Å². The highest BCUT2D eigenvalue weighted by atomic mass is 19.4. The summed E-state index contributed by atoms with van der Waals surface area (Å²) in [5.41, 5.74) is 1.20. The van der Waals surface area contributed by atoms with Gasteiger partial charge in [0.15, 0.2) is 0 Å². The van der Waals surface area contributed by atoms with E-state index in [9.17, 15) is 23.1 Å². The van der Waals surface area contributed by atoms with Gasteiger partial charge in [0.05, 0.1) is 5.92 Å². The fraction of sp³-hybridized carbons (Fsp3) is 0.368. The molecule has 1 aromatic heterocycles. The Labute approximate surface area is 149 Å². The molecule has 0 unspecified atom stereocenters. The van der Waals surface area contributed by atoms with Crippen LogP contribution in [0.25, 0.3) is 11.1 Å². The highest BCUT2D eigenvalue weighted by Crippen LogP contribution is 2.30. The van der Waals surface area contributed by atoms with Gasteiger partial charge in [-0.2, -0.15) is 13.2 Å². The Kier molecular flexibility index (Phi) is 5.27. The van der Waals surface area contributed by atoms with E-state index in [2.05, 4.69) is 10.3 Å². The summed E-state index contributed by atoms with van der Waals surface area (Å²) >= 11 is 0. The summed E-state index contributed by atoms with van der Waals surface area (Å²) in [4.78, 5) is 15.1. The number of alkyl halides is 3. The van der Waals surface area contributed by atoms with Crippen LogP contribution in [0.5, 0.6) is 0 Å². The second-order valence-electron chi connectivity index (χ2n) is 6.53. The summed E-state index contributed by atoms with van der Waals surface area (Å²) in [5, 5.41) is 12.7. The molecule has 0 spiro atoms. The quantitative estimate of drug-likeness (QED) is 0.851. The third-order valence-electron chi connectivity index (χ3n) is 4.75. The van der Waals surface area contributed by atoms with Crippen molar-refractivity contribution in [3.05, 3.63) is 53.9 Å². The van der Waals surface area contributed by atoms with Gasteiger partial charge in [0.25, 0.3) is 0 Å². The average molecular weight is 364 g/mol. The van der Waals surface area contributed by atoms with E-state index in [4.69, 9.17) is 0 Å². The Hall–Kier alpha value is -2.41. The fourth-order valence-corrected chi connectivity index (χ4v) is 3.34. The van der Waals surface area contributed by atoms with Crippen LogP contribution < -0.4 is 5.32 Å². The van der Waals surface area contributed by atoms with Crippen LogP contribution in [0, 0.1) is 11.8 Å². The van der Waals surface area contributed by atoms with E-state index in [1.165, 1.54) is 12.3 Å². The van der Waals surface area contributed by atoms with Crippen molar-refractivity contribution in [1.29, 1.82) is 0 Å². The Morgan fingerprint density at radius 3 is 2.65 bits per heavy atom. The molecule has 0 saturated carbocycles. The third kappa shape index (κ3) is 4.22. The summed E-state index contributed by atoms with van der Waals surface area (Å²) in [6.45, 7) is 1.52. The molecular formula is C19H19F3N2O2. The Morgan fingerprint density at radius 2 is 2.08 bits per heavy atom. The molecule has 2 heterocycles. The summed E-state index contributed by atoms with van der Waals surface area (Å²) < 4.78 is 37.9. The normalized spacial score (nSPS) is 18.7. The molecule has 0 amide bonds. The van der Waals surface area contributed by atoms with Gasteiger partial charge < -0.3 is 10.4 Å². The molecule has 26 heavy (non-hydrogen) atoms. The molecule has 7 heteroatoms.